The van der Waals surface area contributed by atoms with Crippen LogP contribution in [0.2, 0.25) is 0 Å². The molecule has 2 rings (SSSR count). The van der Waals surface area contributed by atoms with Crippen LogP contribution in [0.3, 0.4) is 0 Å². The minimum Gasteiger partial charge on any atom is -0.380 e. The minimum atomic E-state index is -3.52. The highest BCUT2D eigenvalue weighted by Gasteiger charge is 2.39. The minimum absolute atomic E-state index is 0.0265. The van der Waals surface area contributed by atoms with Crippen molar-refractivity contribution in [3.05, 3.63) is 0 Å². The third-order valence-electron chi connectivity index (χ3n) is 4.17. The Morgan fingerprint density at radius 2 is 1.56 bits per heavy atom. The summed E-state index contributed by atoms with van der Waals surface area (Å²) in [7, 11) is 11.7. The van der Waals surface area contributed by atoms with Gasteiger partial charge in [-0.3, -0.25) is 0 Å². The first-order valence-corrected chi connectivity index (χ1v) is 11.9. The highest BCUT2D eigenvalue weighted by molar-refractivity contribution is 8.07. The molecule has 1 N–H and O–H groups in total. The van der Waals surface area contributed by atoms with Crippen molar-refractivity contribution in [2.45, 2.75) is 89.2 Å². The molecule has 0 spiro atoms. The van der Waals surface area contributed by atoms with Gasteiger partial charge in [-0.2, -0.15) is 0 Å². The summed E-state index contributed by atoms with van der Waals surface area (Å²) in [4.78, 5) is 10.5. The maximum absolute atomic E-state index is 10.5. The van der Waals surface area contributed by atoms with Gasteiger partial charge in [0.05, 0.1) is 37.6 Å². The average Bonchev–Trinajstić information content (AvgIpc) is 3.04. The van der Waals surface area contributed by atoms with Crippen molar-refractivity contribution in [3.63, 3.8) is 0 Å². The molecule has 2 fully saturated rings. The van der Waals surface area contributed by atoms with Gasteiger partial charge >= 0.3 is 6.72 Å². The zero-order chi connectivity index (χ0) is 20.2. The van der Waals surface area contributed by atoms with Crippen molar-refractivity contribution in [1.82, 2.24) is 0 Å². The Bertz CT molecular complexity index is 513. The van der Waals surface area contributed by atoms with E-state index in [2.05, 4.69) is 0 Å². The molecule has 0 saturated carbocycles. The van der Waals surface area contributed by atoms with Crippen molar-refractivity contribution >= 4 is 34.2 Å². The van der Waals surface area contributed by atoms with Gasteiger partial charge in [0.1, 0.15) is 27.9 Å². The molecule has 0 aromatic carbocycles. The van der Waals surface area contributed by atoms with Gasteiger partial charge in [0.25, 0.3) is 0 Å². The number of rotatable bonds is 10. The molecule has 7 unspecified atom stereocenters. The summed E-state index contributed by atoms with van der Waals surface area (Å²) in [5, 5.41) is 0. The normalized spacial score (nSPS) is 36.6. The molecule has 0 amide bonds. The predicted molar refractivity (Wildman–Crippen MR) is 106 cm³/mol. The van der Waals surface area contributed by atoms with E-state index in [-0.39, 0.29) is 24.9 Å². The van der Waals surface area contributed by atoms with Crippen LogP contribution in [-0.2, 0) is 39.8 Å². The smallest absolute Gasteiger partial charge is 0.324 e. The second kappa shape index (κ2) is 10.5. The molecular formula is C16H29B2O7PS. The molecule has 11 heteroatoms. The zero-order valence-electron chi connectivity index (χ0n) is 16.4. The van der Waals surface area contributed by atoms with Crippen molar-refractivity contribution in [1.29, 1.82) is 0 Å². The fourth-order valence-corrected chi connectivity index (χ4v) is 4.52. The first kappa shape index (κ1) is 23.8. The molecule has 0 aliphatic carbocycles. The topological polar surface area (TPSA) is 75.6 Å². The molecule has 2 aliphatic rings. The van der Waals surface area contributed by atoms with Crippen molar-refractivity contribution in [2.75, 3.05) is 13.2 Å². The second-order valence-electron chi connectivity index (χ2n) is 7.41. The summed E-state index contributed by atoms with van der Waals surface area (Å²) in [5.41, 5.74) is 0. The van der Waals surface area contributed by atoms with Gasteiger partial charge < -0.3 is 32.9 Å². The lowest BCUT2D eigenvalue weighted by Gasteiger charge is -2.26. The maximum atomic E-state index is 10.5. The van der Waals surface area contributed by atoms with Crippen LogP contribution in [0.25, 0.3) is 0 Å². The Morgan fingerprint density at radius 1 is 1.00 bits per heavy atom. The van der Waals surface area contributed by atoms with Gasteiger partial charge in [-0.15, -0.1) is 0 Å². The Kier molecular flexibility index (Phi) is 9.25. The average molecular weight is 418 g/mol. The van der Waals surface area contributed by atoms with Crippen molar-refractivity contribution in [2.24, 2.45) is 0 Å². The molecular weight excluding hydrogens is 389 g/mol. The van der Waals surface area contributed by atoms with Crippen LogP contribution in [0.5, 0.6) is 0 Å². The van der Waals surface area contributed by atoms with E-state index in [4.69, 9.17) is 55.5 Å². The van der Waals surface area contributed by atoms with Gasteiger partial charge in [-0.1, -0.05) is 0 Å². The Labute approximate surface area is 169 Å². The largest absolute Gasteiger partial charge is 0.380 e. The van der Waals surface area contributed by atoms with E-state index in [1.54, 1.807) is 0 Å². The lowest BCUT2D eigenvalue weighted by atomic mass is 9.96. The van der Waals surface area contributed by atoms with E-state index in [0.29, 0.717) is 19.4 Å². The van der Waals surface area contributed by atoms with E-state index in [1.807, 2.05) is 27.7 Å². The first-order valence-electron chi connectivity index (χ1n) is 9.30. The number of hydrogen-bond donors (Lipinski definition) is 1. The molecule has 152 valence electrons. The first-order chi connectivity index (χ1) is 12.6. The second-order valence-corrected chi connectivity index (χ2v) is 10.2. The lowest BCUT2D eigenvalue weighted by molar-refractivity contribution is -0.0611. The molecule has 27 heavy (non-hydrogen) atoms. The Hall–Kier alpha value is 0.500. The summed E-state index contributed by atoms with van der Waals surface area (Å²) in [6.07, 6.45) is -0.509. The molecule has 2 aliphatic heterocycles. The van der Waals surface area contributed by atoms with Crippen LogP contribution in [0, 0.1) is 0 Å². The van der Waals surface area contributed by atoms with Gasteiger partial charge in [0.15, 0.2) is 0 Å². The molecule has 7 atom stereocenters. The van der Waals surface area contributed by atoms with Gasteiger partial charge in [-0.05, 0) is 52.3 Å². The zero-order valence-corrected chi connectivity index (χ0v) is 18.1. The van der Waals surface area contributed by atoms with Crippen LogP contribution in [0.4, 0.5) is 0 Å². The summed E-state index contributed by atoms with van der Waals surface area (Å²) in [6.45, 7) is 4.53. The summed E-state index contributed by atoms with van der Waals surface area (Å²) < 4.78 is 33.7. The maximum Gasteiger partial charge on any atom is 0.324 e. The standard InChI is InChI=1S/C16H29B2O7PS/c1-9(2)20-7-13-12(6-16(18)23-13)25-26(19,27)21-8-14-11(22-10(3)4)5-15(17)24-14/h9-16H,5-8H2,1-4H3,(H,19,27). The fourth-order valence-electron chi connectivity index (χ4n) is 3.05. The Balaban J connectivity index is 1.87. The van der Waals surface area contributed by atoms with Crippen molar-refractivity contribution in [3.8, 4) is 0 Å². The molecule has 2 saturated heterocycles. The summed E-state index contributed by atoms with van der Waals surface area (Å²) in [6, 6.07) is -0.927. The van der Waals surface area contributed by atoms with Crippen LogP contribution in [0.15, 0.2) is 0 Å². The molecule has 0 aromatic rings. The molecule has 0 aromatic heterocycles. The third kappa shape index (κ3) is 8.03. The monoisotopic (exact) mass is 418 g/mol. The summed E-state index contributed by atoms with van der Waals surface area (Å²) >= 11 is 5.16. The molecule has 0 bridgehead atoms. The third-order valence-corrected chi connectivity index (χ3v) is 5.76. The van der Waals surface area contributed by atoms with Crippen LogP contribution >= 0.6 is 6.72 Å². The fraction of sp³-hybridized carbons (Fsp3) is 1.00. The van der Waals surface area contributed by atoms with Gasteiger partial charge in [-0.25, -0.2) is 0 Å². The lowest BCUT2D eigenvalue weighted by Crippen LogP contribution is -2.32. The SMILES string of the molecule is [B]C1CC(OC(C)C)C(COP(O)(=S)OC2CC([B])OC2COC(C)C)O1. The number of hydrogen-bond acceptors (Lipinski definition) is 7. The quantitative estimate of drug-likeness (QED) is 0.422. The van der Waals surface area contributed by atoms with E-state index < -0.39 is 37.0 Å². The number of ether oxygens (including phenoxy) is 4. The van der Waals surface area contributed by atoms with Gasteiger partial charge in [0, 0.05) is 12.0 Å². The van der Waals surface area contributed by atoms with E-state index in [9.17, 15) is 4.89 Å². The van der Waals surface area contributed by atoms with E-state index in [1.165, 1.54) is 0 Å². The van der Waals surface area contributed by atoms with Crippen LogP contribution in [0.1, 0.15) is 40.5 Å². The van der Waals surface area contributed by atoms with Crippen LogP contribution in [-0.4, -0.2) is 82.4 Å². The Morgan fingerprint density at radius 3 is 2.11 bits per heavy atom. The predicted octanol–water partition coefficient (Wildman–Crippen LogP) is 1.39. The highest BCUT2D eigenvalue weighted by atomic mass is 32.5. The molecule has 7 nitrogen and oxygen atoms in total. The van der Waals surface area contributed by atoms with E-state index in [0.717, 1.165) is 0 Å². The van der Waals surface area contributed by atoms with Crippen LogP contribution < -0.4 is 0 Å². The van der Waals surface area contributed by atoms with Crippen molar-refractivity contribution < 1.29 is 32.9 Å². The summed E-state index contributed by atoms with van der Waals surface area (Å²) in [5.74, 6) is 0. The molecule has 2 heterocycles. The van der Waals surface area contributed by atoms with E-state index >= 15 is 0 Å². The highest BCUT2D eigenvalue weighted by Crippen LogP contribution is 2.48. The molecule has 4 radical (unpaired) electrons. The van der Waals surface area contributed by atoms with Gasteiger partial charge in [0.2, 0.25) is 0 Å².